The number of hydrogen-bond acceptors (Lipinski definition) is 5. The van der Waals surface area contributed by atoms with Crippen LogP contribution in [0.4, 0.5) is 14.9 Å². The summed E-state index contributed by atoms with van der Waals surface area (Å²) < 4.78 is 25.8. The number of nitrogens with zero attached hydrogens (tertiary/aromatic N) is 2. The van der Waals surface area contributed by atoms with Crippen LogP contribution >= 0.6 is 0 Å². The number of nitrogens with one attached hydrogen (secondary N) is 1. The zero-order valence-corrected chi connectivity index (χ0v) is 13.9. The maximum absolute atomic E-state index is 14.7. The van der Waals surface area contributed by atoms with E-state index in [2.05, 4.69) is 10.3 Å². The van der Waals surface area contributed by atoms with Gasteiger partial charge in [0.05, 0.1) is 12.2 Å². The Labute approximate surface area is 148 Å². The highest BCUT2D eigenvalue weighted by Gasteiger charge is 2.46. The molecule has 0 saturated carbocycles. The molecule has 1 N–H and O–H groups in total. The first-order valence-corrected chi connectivity index (χ1v) is 8.15. The number of benzene rings is 1. The van der Waals surface area contributed by atoms with Gasteiger partial charge < -0.3 is 14.8 Å². The molecule has 2 atom stereocenters. The summed E-state index contributed by atoms with van der Waals surface area (Å²) in [6.45, 7) is 1.76. The van der Waals surface area contributed by atoms with E-state index < -0.39 is 24.1 Å². The summed E-state index contributed by atoms with van der Waals surface area (Å²) in [7, 11) is 0. The number of ether oxygens (including phenoxy) is 2. The fourth-order valence-corrected chi connectivity index (χ4v) is 3.21. The SMILES string of the molecule is CC(=O)NC[C@@H]1OC(=O)N2c3cc(F)c(-c4cccnc4)cc3OC[C@@H]12. The first-order valence-electron chi connectivity index (χ1n) is 8.15. The molecule has 0 spiro atoms. The molecule has 1 saturated heterocycles. The fourth-order valence-electron chi connectivity index (χ4n) is 3.21. The van der Waals surface area contributed by atoms with Crippen LogP contribution < -0.4 is 15.0 Å². The van der Waals surface area contributed by atoms with Gasteiger partial charge in [-0.25, -0.2) is 9.18 Å². The Morgan fingerprint density at radius 3 is 3.04 bits per heavy atom. The van der Waals surface area contributed by atoms with E-state index >= 15 is 0 Å². The lowest BCUT2D eigenvalue weighted by molar-refractivity contribution is -0.119. The molecule has 2 aromatic rings. The van der Waals surface area contributed by atoms with Crippen molar-refractivity contribution in [2.45, 2.75) is 19.1 Å². The number of carbonyl (C=O) groups is 2. The van der Waals surface area contributed by atoms with Crippen LogP contribution in [0.3, 0.4) is 0 Å². The number of anilines is 1. The number of fused-ring (bicyclic) bond motifs is 3. The smallest absolute Gasteiger partial charge is 0.415 e. The molecular formula is C18H16FN3O4. The van der Waals surface area contributed by atoms with Gasteiger partial charge in [0, 0.05) is 36.5 Å². The van der Waals surface area contributed by atoms with Gasteiger partial charge in [0.2, 0.25) is 5.91 Å². The molecule has 0 radical (unpaired) electrons. The molecule has 1 aromatic heterocycles. The van der Waals surface area contributed by atoms with E-state index in [0.29, 0.717) is 22.6 Å². The van der Waals surface area contributed by atoms with Crippen molar-refractivity contribution in [2.24, 2.45) is 0 Å². The molecule has 7 nitrogen and oxygen atoms in total. The van der Waals surface area contributed by atoms with Gasteiger partial charge in [0.25, 0.3) is 0 Å². The lowest BCUT2D eigenvalue weighted by Gasteiger charge is -2.31. The molecule has 1 fully saturated rings. The molecule has 0 unspecified atom stereocenters. The van der Waals surface area contributed by atoms with E-state index in [1.54, 1.807) is 30.6 Å². The number of hydrogen-bond donors (Lipinski definition) is 1. The van der Waals surface area contributed by atoms with Gasteiger partial charge in [0.15, 0.2) is 0 Å². The summed E-state index contributed by atoms with van der Waals surface area (Å²) in [6.07, 6.45) is 2.03. The molecule has 0 bridgehead atoms. The average Bonchev–Trinajstić information content (AvgIpc) is 2.96. The molecule has 4 rings (SSSR count). The largest absolute Gasteiger partial charge is 0.489 e. The first-order chi connectivity index (χ1) is 12.5. The number of pyridine rings is 1. The van der Waals surface area contributed by atoms with Crippen molar-refractivity contribution in [1.82, 2.24) is 10.3 Å². The minimum Gasteiger partial charge on any atom is -0.489 e. The summed E-state index contributed by atoms with van der Waals surface area (Å²) in [5.41, 5.74) is 1.28. The van der Waals surface area contributed by atoms with Crippen LogP contribution in [0, 0.1) is 5.82 Å². The van der Waals surface area contributed by atoms with E-state index in [0.717, 1.165) is 0 Å². The molecule has 3 heterocycles. The van der Waals surface area contributed by atoms with Crippen molar-refractivity contribution < 1.29 is 23.5 Å². The monoisotopic (exact) mass is 357 g/mol. The van der Waals surface area contributed by atoms with Crippen LogP contribution in [0.25, 0.3) is 11.1 Å². The number of carbonyl (C=O) groups excluding carboxylic acids is 2. The summed E-state index contributed by atoms with van der Waals surface area (Å²) in [5, 5.41) is 2.63. The van der Waals surface area contributed by atoms with Gasteiger partial charge in [0.1, 0.15) is 30.3 Å². The summed E-state index contributed by atoms with van der Waals surface area (Å²) >= 11 is 0. The number of halogens is 1. The van der Waals surface area contributed by atoms with Crippen molar-refractivity contribution >= 4 is 17.7 Å². The summed E-state index contributed by atoms with van der Waals surface area (Å²) in [4.78, 5) is 28.8. The van der Waals surface area contributed by atoms with Crippen molar-refractivity contribution in [3.05, 3.63) is 42.5 Å². The number of aromatic nitrogens is 1. The molecule has 2 aliphatic rings. The second-order valence-electron chi connectivity index (χ2n) is 6.15. The van der Waals surface area contributed by atoms with Crippen molar-refractivity contribution in [3.8, 4) is 16.9 Å². The van der Waals surface area contributed by atoms with Crippen molar-refractivity contribution in [3.63, 3.8) is 0 Å². The third-order valence-electron chi connectivity index (χ3n) is 4.45. The highest BCUT2D eigenvalue weighted by atomic mass is 19.1. The summed E-state index contributed by atoms with van der Waals surface area (Å²) in [6, 6.07) is 5.87. The van der Waals surface area contributed by atoms with Gasteiger partial charge in [-0.3, -0.25) is 14.7 Å². The Balaban J connectivity index is 1.67. The van der Waals surface area contributed by atoms with Crippen LogP contribution in [0.5, 0.6) is 5.75 Å². The quantitative estimate of drug-likeness (QED) is 0.910. The zero-order chi connectivity index (χ0) is 18.3. The normalized spacial score (nSPS) is 20.7. The standard InChI is InChI=1S/C18H16FN3O4/c1-10(23)21-8-17-15-9-25-16-5-12(11-3-2-4-20-7-11)13(19)6-14(16)22(15)18(24)26-17/h2-7,15,17H,8-9H2,1H3,(H,21,23)/t15-,17-/m0/s1. The first kappa shape index (κ1) is 16.3. The Bertz CT molecular complexity index is 874. The molecular weight excluding hydrogens is 341 g/mol. The Morgan fingerprint density at radius 2 is 2.31 bits per heavy atom. The number of rotatable bonds is 3. The maximum atomic E-state index is 14.7. The van der Waals surface area contributed by atoms with Gasteiger partial charge in [-0.2, -0.15) is 0 Å². The lowest BCUT2D eigenvalue weighted by Crippen LogP contribution is -2.47. The van der Waals surface area contributed by atoms with Crippen LogP contribution in [-0.2, 0) is 9.53 Å². The van der Waals surface area contributed by atoms with Crippen molar-refractivity contribution in [1.29, 1.82) is 0 Å². The molecule has 26 heavy (non-hydrogen) atoms. The van der Waals surface area contributed by atoms with Crippen LogP contribution in [0.15, 0.2) is 36.7 Å². The molecule has 2 aliphatic heterocycles. The van der Waals surface area contributed by atoms with Gasteiger partial charge in [-0.05, 0) is 12.1 Å². The van der Waals surface area contributed by atoms with Crippen LogP contribution in [0.1, 0.15) is 6.92 Å². The minimum atomic E-state index is -0.580. The zero-order valence-electron chi connectivity index (χ0n) is 13.9. The minimum absolute atomic E-state index is 0.178. The van der Waals surface area contributed by atoms with Crippen molar-refractivity contribution in [2.75, 3.05) is 18.1 Å². The van der Waals surface area contributed by atoms with Gasteiger partial charge >= 0.3 is 6.09 Å². The Kier molecular flexibility index (Phi) is 3.95. The number of amides is 2. The molecule has 134 valence electrons. The second-order valence-corrected chi connectivity index (χ2v) is 6.15. The topological polar surface area (TPSA) is 80.8 Å². The van der Waals surface area contributed by atoms with Crippen LogP contribution in [0.2, 0.25) is 0 Å². The highest BCUT2D eigenvalue weighted by Crippen LogP contribution is 2.42. The maximum Gasteiger partial charge on any atom is 0.415 e. The fraction of sp³-hybridized carbons (Fsp3) is 0.278. The highest BCUT2D eigenvalue weighted by molar-refractivity contribution is 5.94. The Morgan fingerprint density at radius 1 is 1.46 bits per heavy atom. The second kappa shape index (κ2) is 6.29. The van der Waals surface area contributed by atoms with Crippen LogP contribution in [-0.4, -0.2) is 42.3 Å². The molecule has 8 heteroatoms. The van der Waals surface area contributed by atoms with E-state index in [1.807, 2.05) is 0 Å². The van der Waals surface area contributed by atoms with Gasteiger partial charge in [-0.15, -0.1) is 0 Å². The average molecular weight is 357 g/mol. The predicted molar refractivity (Wildman–Crippen MR) is 90.3 cm³/mol. The lowest BCUT2D eigenvalue weighted by atomic mass is 10.0. The molecule has 0 aliphatic carbocycles. The Hall–Kier alpha value is -3.16. The van der Waals surface area contributed by atoms with E-state index in [1.165, 1.54) is 17.9 Å². The third-order valence-corrected chi connectivity index (χ3v) is 4.45. The van der Waals surface area contributed by atoms with E-state index in [9.17, 15) is 14.0 Å². The third kappa shape index (κ3) is 2.73. The molecule has 1 aromatic carbocycles. The van der Waals surface area contributed by atoms with E-state index in [4.69, 9.17) is 9.47 Å². The van der Waals surface area contributed by atoms with E-state index in [-0.39, 0.29) is 19.1 Å². The molecule has 2 amide bonds. The summed E-state index contributed by atoms with van der Waals surface area (Å²) in [5.74, 6) is -0.304. The van der Waals surface area contributed by atoms with Gasteiger partial charge in [-0.1, -0.05) is 6.07 Å². The predicted octanol–water partition coefficient (Wildman–Crippen LogP) is 2.11. The number of cyclic esters (lactones) is 1.